The molecule has 0 bridgehead atoms. The van der Waals surface area contributed by atoms with Gasteiger partial charge >= 0.3 is 0 Å². The minimum atomic E-state index is -0.913. The predicted molar refractivity (Wildman–Crippen MR) is 82.3 cm³/mol. The van der Waals surface area contributed by atoms with Crippen LogP contribution in [-0.2, 0) is 9.53 Å². The molecule has 1 amide bonds. The van der Waals surface area contributed by atoms with Crippen molar-refractivity contribution in [2.75, 3.05) is 19.8 Å². The van der Waals surface area contributed by atoms with Crippen molar-refractivity contribution in [1.29, 1.82) is 0 Å². The molecule has 0 aliphatic carbocycles. The van der Waals surface area contributed by atoms with E-state index >= 15 is 0 Å². The first-order valence-electron chi connectivity index (χ1n) is 7.90. The summed E-state index contributed by atoms with van der Waals surface area (Å²) in [5.74, 6) is -0.00972. The molecule has 6 heteroatoms. The molecule has 0 aromatic rings. The third-order valence-electron chi connectivity index (χ3n) is 4.49. The topological polar surface area (TPSA) is 88.2 Å². The lowest BCUT2D eigenvalue weighted by molar-refractivity contribution is -0.145. The number of carbonyl (C=O) groups is 1. The number of ether oxygens (including phenoxy) is 1. The van der Waals surface area contributed by atoms with Gasteiger partial charge in [-0.2, -0.15) is 0 Å². The monoisotopic (exact) mass is 299 g/mol. The van der Waals surface area contributed by atoms with E-state index in [0.717, 1.165) is 19.3 Å². The van der Waals surface area contributed by atoms with Crippen LogP contribution in [0.1, 0.15) is 52.9 Å². The maximum absolute atomic E-state index is 13.1. The van der Waals surface area contributed by atoms with Crippen molar-refractivity contribution in [2.45, 2.75) is 58.9 Å². The molecular formula is C15H29N3O3. The van der Waals surface area contributed by atoms with Crippen molar-refractivity contribution >= 4 is 11.7 Å². The number of nitrogens with zero attached hydrogens (tertiary/aromatic N) is 2. The summed E-state index contributed by atoms with van der Waals surface area (Å²) in [6.45, 7) is 7.86. The second-order valence-electron chi connectivity index (χ2n) is 5.79. The molecular weight excluding hydrogens is 270 g/mol. The average molecular weight is 299 g/mol. The summed E-state index contributed by atoms with van der Waals surface area (Å²) in [4.78, 5) is 15.0. The molecule has 1 aliphatic rings. The zero-order valence-electron chi connectivity index (χ0n) is 13.5. The van der Waals surface area contributed by atoms with E-state index in [-0.39, 0.29) is 17.8 Å². The Morgan fingerprint density at radius 3 is 2.52 bits per heavy atom. The number of rotatable bonds is 7. The summed E-state index contributed by atoms with van der Waals surface area (Å²) in [7, 11) is 0. The molecule has 0 aromatic heterocycles. The van der Waals surface area contributed by atoms with Crippen LogP contribution in [0.4, 0.5) is 0 Å². The highest BCUT2D eigenvalue weighted by molar-refractivity contribution is 6.06. The molecule has 1 aliphatic heterocycles. The van der Waals surface area contributed by atoms with Crippen LogP contribution in [0.5, 0.6) is 0 Å². The Bertz CT molecular complexity index is 365. The van der Waals surface area contributed by atoms with E-state index in [4.69, 9.17) is 15.7 Å². The number of oxime groups is 1. The molecule has 0 radical (unpaired) electrons. The van der Waals surface area contributed by atoms with Crippen LogP contribution in [0.3, 0.4) is 0 Å². The molecule has 0 aromatic carbocycles. The van der Waals surface area contributed by atoms with Gasteiger partial charge in [-0.05, 0) is 32.6 Å². The summed E-state index contributed by atoms with van der Waals surface area (Å²) in [6.07, 6.45) is 3.82. The molecule has 21 heavy (non-hydrogen) atoms. The van der Waals surface area contributed by atoms with Gasteiger partial charge in [-0.3, -0.25) is 4.79 Å². The highest BCUT2D eigenvalue weighted by Crippen LogP contribution is 2.34. The average Bonchev–Trinajstić information content (AvgIpc) is 2.54. The minimum absolute atomic E-state index is 0.0144. The predicted octanol–water partition coefficient (Wildman–Crippen LogP) is 1.96. The summed E-state index contributed by atoms with van der Waals surface area (Å²) >= 11 is 0. The fraction of sp³-hybridized carbons (Fsp3) is 0.867. The Hall–Kier alpha value is -1.30. The van der Waals surface area contributed by atoms with Gasteiger partial charge in [0.05, 0.1) is 0 Å². The number of nitrogens with two attached hydrogens (primary N) is 1. The highest BCUT2D eigenvalue weighted by Gasteiger charge is 2.47. The van der Waals surface area contributed by atoms with Crippen LogP contribution in [0.15, 0.2) is 5.16 Å². The first kappa shape index (κ1) is 17.8. The van der Waals surface area contributed by atoms with Crippen molar-refractivity contribution < 1.29 is 14.7 Å². The van der Waals surface area contributed by atoms with Gasteiger partial charge in [-0.1, -0.05) is 25.4 Å². The molecule has 1 saturated heterocycles. The van der Waals surface area contributed by atoms with Crippen molar-refractivity contribution in [1.82, 2.24) is 4.90 Å². The SMILES string of the molecule is CCCCN(C(=O)C1(C(N)=NO)CCOCC1)C(C)CC. The Kier molecular flexibility index (Phi) is 6.95. The molecule has 1 atom stereocenters. The fourth-order valence-electron chi connectivity index (χ4n) is 2.74. The van der Waals surface area contributed by atoms with Crippen LogP contribution in [0, 0.1) is 5.41 Å². The van der Waals surface area contributed by atoms with Crippen LogP contribution >= 0.6 is 0 Å². The number of unbranched alkanes of at least 4 members (excludes halogenated alkanes) is 1. The van der Waals surface area contributed by atoms with Crippen molar-refractivity contribution in [3.63, 3.8) is 0 Å². The fourth-order valence-corrected chi connectivity index (χ4v) is 2.74. The van der Waals surface area contributed by atoms with E-state index in [2.05, 4.69) is 19.0 Å². The second-order valence-corrected chi connectivity index (χ2v) is 5.79. The number of hydrogen-bond acceptors (Lipinski definition) is 4. The molecule has 6 nitrogen and oxygen atoms in total. The Labute approximate surface area is 127 Å². The van der Waals surface area contributed by atoms with E-state index in [9.17, 15) is 4.79 Å². The molecule has 1 rings (SSSR count). The highest BCUT2D eigenvalue weighted by atomic mass is 16.5. The normalized spacial score (nSPS) is 20.0. The third-order valence-corrected chi connectivity index (χ3v) is 4.49. The van der Waals surface area contributed by atoms with E-state index in [1.807, 2.05) is 11.8 Å². The number of carbonyl (C=O) groups excluding carboxylic acids is 1. The third kappa shape index (κ3) is 3.87. The van der Waals surface area contributed by atoms with E-state index in [1.165, 1.54) is 0 Å². The summed E-state index contributed by atoms with van der Waals surface area (Å²) < 4.78 is 5.35. The molecule has 0 spiro atoms. The first-order valence-corrected chi connectivity index (χ1v) is 7.90. The second kappa shape index (κ2) is 8.22. The van der Waals surface area contributed by atoms with Gasteiger partial charge in [-0.25, -0.2) is 0 Å². The van der Waals surface area contributed by atoms with Gasteiger partial charge in [0.1, 0.15) is 5.41 Å². The summed E-state index contributed by atoms with van der Waals surface area (Å²) in [5, 5.41) is 12.3. The van der Waals surface area contributed by atoms with E-state index in [0.29, 0.717) is 32.6 Å². The van der Waals surface area contributed by atoms with Gasteiger partial charge in [0, 0.05) is 25.8 Å². The molecule has 1 heterocycles. The van der Waals surface area contributed by atoms with Crippen LogP contribution in [0.2, 0.25) is 0 Å². The first-order chi connectivity index (χ1) is 10.0. The van der Waals surface area contributed by atoms with Gasteiger partial charge in [0.15, 0.2) is 5.84 Å². The Morgan fingerprint density at radius 1 is 1.43 bits per heavy atom. The molecule has 1 fully saturated rings. The maximum Gasteiger partial charge on any atom is 0.236 e. The van der Waals surface area contributed by atoms with Crippen LogP contribution < -0.4 is 5.73 Å². The number of amides is 1. The molecule has 0 saturated carbocycles. The smallest absolute Gasteiger partial charge is 0.236 e. The minimum Gasteiger partial charge on any atom is -0.409 e. The number of hydrogen-bond donors (Lipinski definition) is 2. The van der Waals surface area contributed by atoms with Gasteiger partial charge < -0.3 is 20.6 Å². The van der Waals surface area contributed by atoms with E-state index in [1.54, 1.807) is 0 Å². The van der Waals surface area contributed by atoms with Crippen molar-refractivity contribution in [3.05, 3.63) is 0 Å². The zero-order chi connectivity index (χ0) is 15.9. The van der Waals surface area contributed by atoms with Crippen LogP contribution in [0.25, 0.3) is 0 Å². The Balaban J connectivity index is 3.05. The summed E-state index contributed by atoms with van der Waals surface area (Å²) in [6, 6.07) is 0.148. The van der Waals surface area contributed by atoms with Crippen molar-refractivity contribution in [2.24, 2.45) is 16.3 Å². The lowest BCUT2D eigenvalue weighted by atomic mass is 9.77. The quantitative estimate of drug-likeness (QED) is 0.325. The number of amidine groups is 1. The maximum atomic E-state index is 13.1. The Morgan fingerprint density at radius 2 is 2.05 bits per heavy atom. The van der Waals surface area contributed by atoms with Gasteiger partial charge in [0.25, 0.3) is 0 Å². The lowest BCUT2D eigenvalue weighted by Gasteiger charge is -2.40. The molecule has 122 valence electrons. The van der Waals surface area contributed by atoms with Crippen molar-refractivity contribution in [3.8, 4) is 0 Å². The van der Waals surface area contributed by atoms with E-state index < -0.39 is 5.41 Å². The van der Waals surface area contributed by atoms with Crippen LogP contribution in [-0.4, -0.2) is 47.7 Å². The zero-order valence-corrected chi connectivity index (χ0v) is 13.5. The largest absolute Gasteiger partial charge is 0.409 e. The lowest BCUT2D eigenvalue weighted by Crippen LogP contribution is -2.56. The molecule has 3 N–H and O–H groups in total. The summed E-state index contributed by atoms with van der Waals surface area (Å²) in [5.41, 5.74) is 4.98. The molecule has 1 unspecified atom stereocenters. The van der Waals surface area contributed by atoms with Gasteiger partial charge in [-0.15, -0.1) is 0 Å². The standard InChI is InChI=1S/C15H29N3O3/c1-4-6-9-18(12(3)5-2)14(19)15(13(16)17-20)7-10-21-11-8-15/h12,20H,4-11H2,1-3H3,(H2,16,17). The van der Waals surface area contributed by atoms with Gasteiger partial charge in [0.2, 0.25) is 5.91 Å².